The fraction of sp³-hybridized carbons (Fsp3) is 0.250. The second-order valence-corrected chi connectivity index (χ2v) is 6.73. The first-order valence-corrected chi connectivity index (χ1v) is 9.57. The van der Waals surface area contributed by atoms with E-state index in [4.69, 9.17) is 0 Å². The number of fused-ring (bicyclic) bond motifs is 1. The third-order valence-corrected chi connectivity index (χ3v) is 4.72. The summed E-state index contributed by atoms with van der Waals surface area (Å²) in [5.41, 5.74) is 5.80. The van der Waals surface area contributed by atoms with Crippen molar-refractivity contribution in [3.05, 3.63) is 96.5 Å². The van der Waals surface area contributed by atoms with Gasteiger partial charge >= 0.3 is 0 Å². The highest BCUT2D eigenvalue weighted by Gasteiger charge is 2.02. The summed E-state index contributed by atoms with van der Waals surface area (Å²) in [5, 5.41) is 0. The Labute approximate surface area is 161 Å². The first kappa shape index (κ1) is 18.8. The lowest BCUT2D eigenvalue weighted by Gasteiger charge is -2.05. The van der Waals surface area contributed by atoms with Crippen LogP contribution in [-0.2, 0) is 13.0 Å². The number of aromatic nitrogens is 3. The monoisotopic (exact) mass is 357 g/mol. The number of nitrogens with zero attached hydrogens (tertiary/aromatic N) is 3. The molecule has 3 heteroatoms. The summed E-state index contributed by atoms with van der Waals surface area (Å²) >= 11 is 0. The summed E-state index contributed by atoms with van der Waals surface area (Å²) < 4.78 is 2.11. The lowest BCUT2D eigenvalue weighted by Crippen LogP contribution is -1.97. The van der Waals surface area contributed by atoms with Gasteiger partial charge in [-0.3, -0.25) is 0 Å². The second kappa shape index (κ2) is 9.67. The Balaban J connectivity index is 1.45. The zero-order valence-electron chi connectivity index (χ0n) is 16.0. The fourth-order valence-corrected chi connectivity index (χ4v) is 3.10. The smallest absolute Gasteiger partial charge is 0.159 e. The molecule has 0 saturated carbocycles. The molecule has 0 aliphatic rings. The molecular weight excluding hydrogens is 330 g/mol. The van der Waals surface area contributed by atoms with Gasteiger partial charge in [0.15, 0.2) is 5.65 Å². The highest BCUT2D eigenvalue weighted by Crippen LogP contribution is 2.14. The molecule has 0 bridgehead atoms. The second-order valence-electron chi connectivity index (χ2n) is 6.73. The van der Waals surface area contributed by atoms with Crippen LogP contribution in [0.2, 0.25) is 0 Å². The molecule has 0 atom stereocenters. The zero-order chi connectivity index (χ0) is 18.9. The van der Waals surface area contributed by atoms with E-state index in [1.54, 1.807) is 0 Å². The fourth-order valence-electron chi connectivity index (χ4n) is 3.10. The molecule has 0 amide bonds. The van der Waals surface area contributed by atoms with Crippen LogP contribution in [0.5, 0.6) is 0 Å². The lowest BCUT2D eigenvalue weighted by molar-refractivity contribution is 0.655. The van der Waals surface area contributed by atoms with E-state index >= 15 is 0 Å². The molecule has 0 N–H and O–H groups in total. The molecule has 0 radical (unpaired) electrons. The predicted molar refractivity (Wildman–Crippen MR) is 114 cm³/mol. The Morgan fingerprint density at radius 2 is 1.89 bits per heavy atom. The molecular formula is C24H27N3. The van der Waals surface area contributed by atoms with Crippen molar-refractivity contribution in [3.8, 4) is 0 Å². The molecule has 3 nitrogen and oxygen atoms in total. The Morgan fingerprint density at radius 3 is 2.70 bits per heavy atom. The summed E-state index contributed by atoms with van der Waals surface area (Å²) in [6, 6.07) is 14.5. The molecule has 3 aromatic rings. The number of rotatable bonds is 9. The molecule has 0 spiro atoms. The highest BCUT2D eigenvalue weighted by atomic mass is 15.1. The van der Waals surface area contributed by atoms with Crippen LogP contribution in [0.25, 0.3) is 11.2 Å². The van der Waals surface area contributed by atoms with Crippen LogP contribution in [0, 0.1) is 0 Å². The molecule has 138 valence electrons. The van der Waals surface area contributed by atoms with Crippen LogP contribution in [-0.4, -0.2) is 14.5 Å². The number of hydrogen-bond acceptors (Lipinski definition) is 2. The van der Waals surface area contributed by atoms with Gasteiger partial charge in [0, 0.05) is 12.7 Å². The van der Waals surface area contributed by atoms with Crippen molar-refractivity contribution in [3.63, 3.8) is 0 Å². The molecule has 0 aliphatic heterocycles. The van der Waals surface area contributed by atoms with Crippen LogP contribution in [0.1, 0.15) is 31.7 Å². The van der Waals surface area contributed by atoms with Gasteiger partial charge in [-0.2, -0.15) is 0 Å². The summed E-state index contributed by atoms with van der Waals surface area (Å²) in [5.74, 6) is 0. The van der Waals surface area contributed by atoms with E-state index in [0.29, 0.717) is 0 Å². The van der Waals surface area contributed by atoms with Gasteiger partial charge in [-0.05, 0) is 50.3 Å². The number of aryl methyl sites for hydroxylation is 2. The zero-order valence-corrected chi connectivity index (χ0v) is 16.0. The van der Waals surface area contributed by atoms with E-state index in [9.17, 15) is 0 Å². The number of benzene rings is 1. The average Bonchev–Trinajstić information content (AvgIpc) is 3.12. The minimum atomic E-state index is 0.908. The van der Waals surface area contributed by atoms with Gasteiger partial charge in [0.2, 0.25) is 0 Å². The minimum Gasteiger partial charge on any atom is -0.315 e. The Morgan fingerprint density at radius 1 is 1.04 bits per heavy atom. The maximum Gasteiger partial charge on any atom is 0.159 e. The maximum atomic E-state index is 4.41. The molecule has 3 rings (SSSR count). The van der Waals surface area contributed by atoms with Crippen molar-refractivity contribution in [2.75, 3.05) is 0 Å². The third-order valence-electron chi connectivity index (χ3n) is 4.72. The van der Waals surface area contributed by atoms with Crippen molar-refractivity contribution < 1.29 is 0 Å². The van der Waals surface area contributed by atoms with Crippen LogP contribution in [0.3, 0.4) is 0 Å². The van der Waals surface area contributed by atoms with Crippen LogP contribution in [0.15, 0.2) is 90.9 Å². The van der Waals surface area contributed by atoms with Gasteiger partial charge in [0.25, 0.3) is 0 Å². The number of hydrogen-bond donors (Lipinski definition) is 0. The van der Waals surface area contributed by atoms with Crippen molar-refractivity contribution in [2.45, 2.75) is 39.2 Å². The van der Waals surface area contributed by atoms with Gasteiger partial charge in [-0.1, -0.05) is 66.3 Å². The van der Waals surface area contributed by atoms with E-state index in [1.807, 2.05) is 24.7 Å². The van der Waals surface area contributed by atoms with Crippen LogP contribution >= 0.6 is 0 Å². The number of imidazole rings is 1. The molecule has 2 heterocycles. The average molecular weight is 358 g/mol. The molecule has 2 aromatic heterocycles. The van der Waals surface area contributed by atoms with E-state index in [-0.39, 0.29) is 0 Å². The van der Waals surface area contributed by atoms with Gasteiger partial charge in [-0.25, -0.2) is 9.97 Å². The summed E-state index contributed by atoms with van der Waals surface area (Å²) in [6.45, 7) is 7.22. The predicted octanol–water partition coefficient (Wildman–Crippen LogP) is 5.90. The molecule has 0 saturated heterocycles. The van der Waals surface area contributed by atoms with Crippen LogP contribution < -0.4 is 0 Å². The Hall–Kier alpha value is -2.94. The molecule has 27 heavy (non-hydrogen) atoms. The molecule has 0 fully saturated rings. The van der Waals surface area contributed by atoms with Crippen molar-refractivity contribution in [1.29, 1.82) is 0 Å². The molecule has 0 unspecified atom stereocenters. The summed E-state index contributed by atoms with van der Waals surface area (Å²) in [6.07, 6.45) is 14.4. The first-order chi connectivity index (χ1) is 13.3. The number of allylic oxidation sites excluding steroid dienone is 5. The lowest BCUT2D eigenvalue weighted by atomic mass is 10.0. The molecule has 0 aliphatic carbocycles. The van der Waals surface area contributed by atoms with Crippen molar-refractivity contribution in [2.24, 2.45) is 0 Å². The highest BCUT2D eigenvalue weighted by molar-refractivity contribution is 5.69. The van der Waals surface area contributed by atoms with Gasteiger partial charge in [0.05, 0.1) is 6.33 Å². The van der Waals surface area contributed by atoms with E-state index in [1.165, 1.54) is 11.1 Å². The SMILES string of the molecule is C=C(/C=C\C(=C/C)CCc1ccccc1)CCCn1cnc2cccnc21. The quantitative estimate of drug-likeness (QED) is 0.446. The largest absolute Gasteiger partial charge is 0.315 e. The Bertz CT molecular complexity index is 932. The van der Waals surface area contributed by atoms with Gasteiger partial charge in [0.1, 0.15) is 5.52 Å². The van der Waals surface area contributed by atoms with E-state index in [2.05, 4.69) is 76.6 Å². The normalized spacial score (nSPS) is 12.1. The van der Waals surface area contributed by atoms with Gasteiger partial charge in [-0.15, -0.1) is 0 Å². The summed E-state index contributed by atoms with van der Waals surface area (Å²) in [4.78, 5) is 8.80. The topological polar surface area (TPSA) is 30.7 Å². The Kier molecular flexibility index (Phi) is 6.75. The maximum absolute atomic E-state index is 4.41. The molecule has 1 aromatic carbocycles. The van der Waals surface area contributed by atoms with Gasteiger partial charge < -0.3 is 4.57 Å². The summed E-state index contributed by atoms with van der Waals surface area (Å²) in [7, 11) is 0. The van der Waals surface area contributed by atoms with E-state index < -0.39 is 0 Å². The van der Waals surface area contributed by atoms with Crippen molar-refractivity contribution in [1.82, 2.24) is 14.5 Å². The minimum absolute atomic E-state index is 0.908. The van der Waals surface area contributed by atoms with Crippen LogP contribution in [0.4, 0.5) is 0 Å². The third kappa shape index (κ3) is 5.52. The first-order valence-electron chi connectivity index (χ1n) is 9.57. The van der Waals surface area contributed by atoms with E-state index in [0.717, 1.165) is 49.0 Å². The number of pyridine rings is 1. The van der Waals surface area contributed by atoms with Crippen molar-refractivity contribution >= 4 is 11.2 Å². The standard InChI is InChI=1S/C24H27N3/c1-3-21(15-16-22-10-5-4-6-11-22)14-13-20(2)9-8-18-27-19-26-23-12-7-17-25-24(23)27/h3-7,10-14,17,19H,2,8-9,15-16,18H2,1H3/b14-13-,21-3+.